The fourth-order valence-electron chi connectivity index (χ4n) is 2.18. The lowest BCUT2D eigenvalue weighted by Gasteiger charge is -2.13. The molecule has 3 rings (SSSR count). The van der Waals surface area contributed by atoms with Crippen molar-refractivity contribution in [3.05, 3.63) is 36.0 Å². The van der Waals surface area contributed by atoms with Crippen molar-refractivity contribution in [1.82, 2.24) is 4.98 Å². The molecule has 0 amide bonds. The summed E-state index contributed by atoms with van der Waals surface area (Å²) in [6, 6.07) is 10.3. The van der Waals surface area contributed by atoms with Gasteiger partial charge in [-0.2, -0.15) is 0 Å². The van der Waals surface area contributed by atoms with E-state index in [0.29, 0.717) is 12.5 Å². The molecule has 1 aliphatic carbocycles. The minimum absolute atomic E-state index is 0.157. The number of pyridine rings is 1. The molecule has 18 heavy (non-hydrogen) atoms. The number of rotatable bonds is 4. The Morgan fingerprint density at radius 1 is 1.33 bits per heavy atom. The Balaban J connectivity index is 1.83. The summed E-state index contributed by atoms with van der Waals surface area (Å²) in [5.41, 5.74) is 7.99. The van der Waals surface area contributed by atoms with Crippen molar-refractivity contribution in [2.75, 3.05) is 6.61 Å². The highest BCUT2D eigenvalue weighted by Crippen LogP contribution is 2.32. The molecule has 2 N–H and O–H groups in total. The maximum absolute atomic E-state index is 6.06. The van der Waals surface area contributed by atoms with E-state index in [1.807, 2.05) is 25.1 Å². The number of fused-ring (bicyclic) bond motifs is 1. The Morgan fingerprint density at radius 3 is 2.94 bits per heavy atom. The summed E-state index contributed by atoms with van der Waals surface area (Å²) in [4.78, 5) is 4.55. The monoisotopic (exact) mass is 242 g/mol. The van der Waals surface area contributed by atoms with Crippen molar-refractivity contribution >= 4 is 10.9 Å². The number of benzene rings is 1. The summed E-state index contributed by atoms with van der Waals surface area (Å²) in [6.45, 7) is 2.57. The molecule has 1 aromatic carbocycles. The number of hydrogen-bond acceptors (Lipinski definition) is 3. The topological polar surface area (TPSA) is 48.1 Å². The molecule has 94 valence electrons. The number of para-hydroxylation sites is 1. The molecule has 3 heteroatoms. The lowest BCUT2D eigenvalue weighted by Crippen LogP contribution is -2.29. The minimum Gasteiger partial charge on any atom is -0.490 e. The van der Waals surface area contributed by atoms with E-state index in [4.69, 9.17) is 10.5 Å². The molecule has 0 aliphatic heterocycles. The van der Waals surface area contributed by atoms with Crippen molar-refractivity contribution in [2.45, 2.75) is 25.8 Å². The molecule has 1 unspecified atom stereocenters. The van der Waals surface area contributed by atoms with Gasteiger partial charge in [-0.15, -0.1) is 0 Å². The second-order valence-corrected chi connectivity index (χ2v) is 5.09. The van der Waals surface area contributed by atoms with Gasteiger partial charge in [-0.25, -0.2) is 4.98 Å². The zero-order valence-electron chi connectivity index (χ0n) is 10.6. The highest BCUT2D eigenvalue weighted by atomic mass is 16.5. The first kappa shape index (κ1) is 11.5. The Bertz CT molecular complexity index is 563. The van der Waals surface area contributed by atoms with Crippen molar-refractivity contribution < 1.29 is 4.74 Å². The third-order valence-corrected chi connectivity index (χ3v) is 3.48. The first-order valence-corrected chi connectivity index (χ1v) is 6.49. The van der Waals surface area contributed by atoms with Crippen LogP contribution in [0.2, 0.25) is 0 Å². The van der Waals surface area contributed by atoms with Gasteiger partial charge in [-0.3, -0.25) is 0 Å². The van der Waals surface area contributed by atoms with Gasteiger partial charge in [0.05, 0.1) is 0 Å². The zero-order valence-corrected chi connectivity index (χ0v) is 10.6. The largest absolute Gasteiger partial charge is 0.490 e. The summed E-state index contributed by atoms with van der Waals surface area (Å²) in [5.74, 6) is 1.50. The molecule has 0 saturated heterocycles. The van der Waals surface area contributed by atoms with E-state index in [1.54, 1.807) is 0 Å². The highest BCUT2D eigenvalue weighted by Gasteiger charge is 2.28. The smallest absolute Gasteiger partial charge is 0.145 e. The lowest BCUT2D eigenvalue weighted by atomic mass is 10.2. The number of aromatic nitrogens is 1. The Kier molecular flexibility index (Phi) is 2.92. The van der Waals surface area contributed by atoms with Gasteiger partial charge in [0.1, 0.15) is 17.9 Å². The Morgan fingerprint density at radius 2 is 2.17 bits per heavy atom. The maximum atomic E-state index is 6.06. The van der Waals surface area contributed by atoms with Crippen LogP contribution in [0.15, 0.2) is 30.3 Å². The third-order valence-electron chi connectivity index (χ3n) is 3.48. The van der Waals surface area contributed by atoms with E-state index in [-0.39, 0.29) is 6.04 Å². The average molecular weight is 242 g/mol. The van der Waals surface area contributed by atoms with Gasteiger partial charge in [0, 0.05) is 17.1 Å². The van der Waals surface area contributed by atoms with Crippen molar-refractivity contribution in [3.63, 3.8) is 0 Å². The number of nitrogens with zero attached hydrogens (tertiary/aromatic N) is 1. The lowest BCUT2D eigenvalue weighted by molar-refractivity contribution is 0.278. The average Bonchev–Trinajstić information content (AvgIpc) is 3.20. The molecule has 1 saturated carbocycles. The molecule has 1 atom stereocenters. The second kappa shape index (κ2) is 4.58. The number of ether oxygens (including phenoxy) is 1. The summed E-state index contributed by atoms with van der Waals surface area (Å²) < 4.78 is 5.85. The van der Waals surface area contributed by atoms with Crippen LogP contribution in [0, 0.1) is 12.8 Å². The SMILES string of the molecule is Cc1ccc2cccc(OCC(N)C3CC3)c2n1. The van der Waals surface area contributed by atoms with E-state index in [1.165, 1.54) is 12.8 Å². The summed E-state index contributed by atoms with van der Waals surface area (Å²) in [6.07, 6.45) is 2.49. The van der Waals surface area contributed by atoms with Crippen molar-refractivity contribution in [1.29, 1.82) is 0 Å². The quantitative estimate of drug-likeness (QED) is 0.896. The zero-order chi connectivity index (χ0) is 12.5. The molecule has 1 aromatic heterocycles. The molecule has 0 radical (unpaired) electrons. The fourth-order valence-corrected chi connectivity index (χ4v) is 2.18. The molecular formula is C15H18N2O. The third kappa shape index (κ3) is 2.31. The van der Waals surface area contributed by atoms with E-state index in [9.17, 15) is 0 Å². The van der Waals surface area contributed by atoms with Gasteiger partial charge in [-0.05, 0) is 37.8 Å². The van der Waals surface area contributed by atoms with Crippen molar-refractivity contribution in [2.24, 2.45) is 11.7 Å². The molecule has 1 fully saturated rings. The maximum Gasteiger partial charge on any atom is 0.145 e. The van der Waals surface area contributed by atoms with Crippen LogP contribution in [0.3, 0.4) is 0 Å². The van der Waals surface area contributed by atoms with Gasteiger partial charge in [0.25, 0.3) is 0 Å². The van der Waals surface area contributed by atoms with Gasteiger partial charge in [0.15, 0.2) is 0 Å². The van der Waals surface area contributed by atoms with E-state index in [2.05, 4.69) is 17.1 Å². The molecule has 2 aromatic rings. The first-order chi connectivity index (χ1) is 8.74. The molecule has 1 heterocycles. The number of aryl methyl sites for hydroxylation is 1. The first-order valence-electron chi connectivity index (χ1n) is 6.49. The van der Waals surface area contributed by atoms with Gasteiger partial charge in [-0.1, -0.05) is 18.2 Å². The molecule has 3 nitrogen and oxygen atoms in total. The van der Waals surface area contributed by atoms with E-state index < -0.39 is 0 Å². The second-order valence-electron chi connectivity index (χ2n) is 5.09. The van der Waals surface area contributed by atoms with Crippen LogP contribution in [-0.2, 0) is 0 Å². The van der Waals surface area contributed by atoms with Crippen LogP contribution in [-0.4, -0.2) is 17.6 Å². The van der Waals surface area contributed by atoms with Gasteiger partial charge < -0.3 is 10.5 Å². The van der Waals surface area contributed by atoms with Crippen LogP contribution < -0.4 is 10.5 Å². The van der Waals surface area contributed by atoms with Crippen molar-refractivity contribution in [3.8, 4) is 5.75 Å². The Labute approximate surface area is 107 Å². The van der Waals surface area contributed by atoms with E-state index in [0.717, 1.165) is 22.3 Å². The van der Waals surface area contributed by atoms with Crippen LogP contribution in [0.25, 0.3) is 10.9 Å². The summed E-state index contributed by atoms with van der Waals surface area (Å²) in [5, 5.41) is 1.11. The summed E-state index contributed by atoms with van der Waals surface area (Å²) in [7, 11) is 0. The molecular weight excluding hydrogens is 224 g/mol. The molecule has 0 spiro atoms. The standard InChI is InChI=1S/C15H18N2O/c1-10-5-6-12-3-2-4-14(15(12)17-10)18-9-13(16)11-7-8-11/h2-6,11,13H,7-9,16H2,1H3. The predicted octanol–water partition coefficient (Wildman–Crippen LogP) is 2.66. The van der Waals surface area contributed by atoms with E-state index >= 15 is 0 Å². The minimum atomic E-state index is 0.157. The summed E-state index contributed by atoms with van der Waals surface area (Å²) >= 11 is 0. The Hall–Kier alpha value is -1.61. The van der Waals surface area contributed by atoms with Gasteiger partial charge in [0.2, 0.25) is 0 Å². The normalized spacial score (nSPS) is 16.8. The van der Waals surface area contributed by atoms with Crippen LogP contribution in [0.1, 0.15) is 18.5 Å². The van der Waals surface area contributed by atoms with Crippen LogP contribution in [0.4, 0.5) is 0 Å². The predicted molar refractivity (Wildman–Crippen MR) is 72.7 cm³/mol. The highest BCUT2D eigenvalue weighted by molar-refractivity contribution is 5.84. The molecule has 1 aliphatic rings. The van der Waals surface area contributed by atoms with Crippen LogP contribution in [0.5, 0.6) is 5.75 Å². The van der Waals surface area contributed by atoms with Gasteiger partial charge >= 0.3 is 0 Å². The fraction of sp³-hybridized carbons (Fsp3) is 0.400. The number of nitrogens with two attached hydrogens (primary N) is 1. The molecule has 0 bridgehead atoms. The number of hydrogen-bond donors (Lipinski definition) is 1. The van der Waals surface area contributed by atoms with Crippen LogP contribution >= 0.6 is 0 Å².